The summed E-state index contributed by atoms with van der Waals surface area (Å²) in [5.74, 6) is 0. The van der Waals surface area contributed by atoms with E-state index >= 15 is 0 Å². The van der Waals surface area contributed by atoms with Crippen LogP contribution in [0.5, 0.6) is 0 Å². The minimum absolute atomic E-state index is 0.999. The van der Waals surface area contributed by atoms with E-state index in [-0.39, 0.29) is 0 Å². The van der Waals surface area contributed by atoms with Gasteiger partial charge in [0.05, 0.1) is 0 Å². The van der Waals surface area contributed by atoms with Crippen LogP contribution in [0.4, 0.5) is 0 Å². The second kappa shape index (κ2) is 8.31. The SMILES string of the molecule is C=CC1=CCC=CC=C1/C=C\C.CC. The number of rotatable bonds is 2. The van der Waals surface area contributed by atoms with E-state index in [1.807, 2.05) is 32.9 Å². The van der Waals surface area contributed by atoms with Gasteiger partial charge >= 0.3 is 0 Å². The monoisotopic (exact) mass is 188 g/mol. The van der Waals surface area contributed by atoms with Gasteiger partial charge in [0.15, 0.2) is 0 Å². The van der Waals surface area contributed by atoms with Crippen molar-refractivity contribution in [1.29, 1.82) is 0 Å². The third-order valence-corrected chi connectivity index (χ3v) is 1.79. The van der Waals surface area contributed by atoms with Crippen LogP contribution in [0.1, 0.15) is 27.2 Å². The Hall–Kier alpha value is -1.30. The lowest BCUT2D eigenvalue weighted by molar-refractivity contribution is 1.37. The van der Waals surface area contributed by atoms with Gasteiger partial charge in [0, 0.05) is 0 Å². The lowest BCUT2D eigenvalue weighted by Crippen LogP contribution is -1.80. The highest BCUT2D eigenvalue weighted by Crippen LogP contribution is 2.16. The maximum absolute atomic E-state index is 3.79. The van der Waals surface area contributed by atoms with Crippen molar-refractivity contribution in [3.63, 3.8) is 0 Å². The molecule has 0 heterocycles. The quantitative estimate of drug-likeness (QED) is 0.594. The zero-order valence-electron chi connectivity index (χ0n) is 9.46. The summed E-state index contributed by atoms with van der Waals surface area (Å²) in [5, 5.41) is 0. The molecule has 0 atom stereocenters. The normalized spacial score (nSPS) is 15.1. The third-order valence-electron chi connectivity index (χ3n) is 1.79. The average molecular weight is 188 g/mol. The Morgan fingerprint density at radius 3 is 2.57 bits per heavy atom. The first-order chi connectivity index (χ1) is 6.88. The Kier molecular flexibility index (Phi) is 7.53. The van der Waals surface area contributed by atoms with Crippen molar-refractivity contribution < 1.29 is 0 Å². The Balaban J connectivity index is 0.000000791. The first-order valence-corrected chi connectivity index (χ1v) is 5.21. The predicted octanol–water partition coefficient (Wildman–Crippen LogP) is 4.59. The van der Waals surface area contributed by atoms with Gasteiger partial charge in [-0.05, 0) is 24.5 Å². The Morgan fingerprint density at radius 2 is 2.00 bits per heavy atom. The molecule has 1 rings (SSSR count). The van der Waals surface area contributed by atoms with Gasteiger partial charge in [-0.3, -0.25) is 0 Å². The zero-order chi connectivity index (χ0) is 10.8. The molecule has 0 unspecified atom stereocenters. The van der Waals surface area contributed by atoms with Crippen LogP contribution in [-0.4, -0.2) is 0 Å². The Bertz CT molecular complexity index is 272. The van der Waals surface area contributed by atoms with Gasteiger partial charge in [0.25, 0.3) is 0 Å². The molecule has 0 saturated heterocycles. The summed E-state index contributed by atoms with van der Waals surface area (Å²) in [5.41, 5.74) is 2.46. The fourth-order valence-corrected chi connectivity index (χ4v) is 1.19. The molecule has 76 valence electrons. The topological polar surface area (TPSA) is 0 Å². The molecule has 0 aromatic rings. The molecule has 0 heteroatoms. The summed E-state index contributed by atoms with van der Waals surface area (Å²) in [7, 11) is 0. The van der Waals surface area contributed by atoms with Gasteiger partial charge in [0.2, 0.25) is 0 Å². The summed E-state index contributed by atoms with van der Waals surface area (Å²) < 4.78 is 0. The maximum Gasteiger partial charge on any atom is -0.0157 e. The van der Waals surface area contributed by atoms with Crippen LogP contribution in [-0.2, 0) is 0 Å². The third kappa shape index (κ3) is 4.08. The molecule has 0 spiro atoms. The molecule has 14 heavy (non-hydrogen) atoms. The lowest BCUT2D eigenvalue weighted by atomic mass is 10.1. The molecule has 0 saturated carbocycles. The molecular weight excluding hydrogens is 168 g/mol. The van der Waals surface area contributed by atoms with Crippen molar-refractivity contribution >= 4 is 0 Å². The molecule has 0 aromatic carbocycles. The van der Waals surface area contributed by atoms with Crippen molar-refractivity contribution in [2.24, 2.45) is 0 Å². The summed E-state index contributed by atoms with van der Waals surface area (Å²) in [4.78, 5) is 0. The first-order valence-electron chi connectivity index (χ1n) is 5.21. The number of allylic oxidation sites excluding steroid dienone is 9. The van der Waals surface area contributed by atoms with Crippen molar-refractivity contribution in [3.05, 3.63) is 60.3 Å². The van der Waals surface area contributed by atoms with Crippen LogP contribution >= 0.6 is 0 Å². The summed E-state index contributed by atoms with van der Waals surface area (Å²) in [6.45, 7) is 9.81. The zero-order valence-corrected chi connectivity index (χ0v) is 9.46. The van der Waals surface area contributed by atoms with Crippen LogP contribution in [0.15, 0.2) is 60.3 Å². The molecule has 0 radical (unpaired) electrons. The van der Waals surface area contributed by atoms with Gasteiger partial charge in [-0.25, -0.2) is 0 Å². The standard InChI is InChI=1S/C12H14.C2H6/c1-3-8-12-10-7-5-6-9-11(12)4-2;1-2/h3-5,7-10H,2,6H2,1H3;1-2H3/b8-3-;. The fourth-order valence-electron chi connectivity index (χ4n) is 1.19. The van der Waals surface area contributed by atoms with Gasteiger partial charge in [0.1, 0.15) is 0 Å². The van der Waals surface area contributed by atoms with Crippen LogP contribution in [0.3, 0.4) is 0 Å². The average Bonchev–Trinajstić information content (AvgIpc) is 2.47. The van der Waals surface area contributed by atoms with Gasteiger partial charge in [-0.1, -0.05) is 63.0 Å². The van der Waals surface area contributed by atoms with E-state index in [4.69, 9.17) is 0 Å². The maximum atomic E-state index is 3.79. The first kappa shape index (κ1) is 12.7. The van der Waals surface area contributed by atoms with E-state index in [1.165, 1.54) is 11.1 Å². The highest BCUT2D eigenvalue weighted by molar-refractivity contribution is 5.48. The molecule has 0 aliphatic heterocycles. The summed E-state index contributed by atoms with van der Waals surface area (Å²) >= 11 is 0. The van der Waals surface area contributed by atoms with Crippen molar-refractivity contribution in [3.8, 4) is 0 Å². The predicted molar refractivity (Wildman–Crippen MR) is 66.3 cm³/mol. The molecule has 0 N–H and O–H groups in total. The molecule has 1 aliphatic carbocycles. The van der Waals surface area contributed by atoms with Crippen molar-refractivity contribution in [1.82, 2.24) is 0 Å². The molecule has 0 aromatic heterocycles. The molecule has 1 aliphatic rings. The van der Waals surface area contributed by atoms with Gasteiger partial charge in [-0.2, -0.15) is 0 Å². The van der Waals surface area contributed by atoms with Crippen molar-refractivity contribution in [2.75, 3.05) is 0 Å². The van der Waals surface area contributed by atoms with Crippen LogP contribution < -0.4 is 0 Å². The Labute approximate surface area is 88.0 Å². The van der Waals surface area contributed by atoms with E-state index in [2.05, 4.69) is 37.0 Å². The smallest absolute Gasteiger partial charge is 0.0157 e. The van der Waals surface area contributed by atoms with E-state index in [0.717, 1.165) is 6.42 Å². The Morgan fingerprint density at radius 1 is 1.29 bits per heavy atom. The molecule has 0 fully saturated rings. The number of hydrogen-bond donors (Lipinski definition) is 0. The molecule has 0 nitrogen and oxygen atoms in total. The van der Waals surface area contributed by atoms with E-state index in [0.29, 0.717) is 0 Å². The second-order valence-corrected chi connectivity index (χ2v) is 2.65. The van der Waals surface area contributed by atoms with E-state index < -0.39 is 0 Å². The summed E-state index contributed by atoms with van der Waals surface area (Å²) in [6, 6.07) is 0. The molecule has 0 amide bonds. The highest BCUT2D eigenvalue weighted by atomic mass is 14.0. The minimum atomic E-state index is 0.999. The minimum Gasteiger partial charge on any atom is -0.0985 e. The van der Waals surface area contributed by atoms with Crippen LogP contribution in [0.25, 0.3) is 0 Å². The van der Waals surface area contributed by atoms with Gasteiger partial charge in [-0.15, -0.1) is 0 Å². The van der Waals surface area contributed by atoms with E-state index in [9.17, 15) is 0 Å². The van der Waals surface area contributed by atoms with Gasteiger partial charge < -0.3 is 0 Å². The largest absolute Gasteiger partial charge is 0.0985 e. The van der Waals surface area contributed by atoms with Crippen molar-refractivity contribution in [2.45, 2.75) is 27.2 Å². The number of hydrogen-bond acceptors (Lipinski definition) is 0. The molecule has 0 bridgehead atoms. The lowest BCUT2D eigenvalue weighted by Gasteiger charge is -1.99. The fraction of sp³-hybridized carbons (Fsp3) is 0.286. The summed E-state index contributed by atoms with van der Waals surface area (Å²) in [6.07, 6.45) is 15.6. The molecular formula is C14H20. The highest BCUT2D eigenvalue weighted by Gasteiger charge is 1.97. The van der Waals surface area contributed by atoms with Crippen LogP contribution in [0, 0.1) is 0 Å². The van der Waals surface area contributed by atoms with E-state index in [1.54, 1.807) is 0 Å². The van der Waals surface area contributed by atoms with Crippen LogP contribution in [0.2, 0.25) is 0 Å². The second-order valence-electron chi connectivity index (χ2n) is 2.65.